The number of carbonyl (C=O) groups is 1. The Morgan fingerprint density at radius 1 is 1.62 bits per heavy atom. The van der Waals surface area contributed by atoms with Crippen LogP contribution in [0.2, 0.25) is 0 Å². The fourth-order valence-corrected chi connectivity index (χ4v) is 1.85. The highest BCUT2D eigenvalue weighted by Crippen LogP contribution is 2.28. The van der Waals surface area contributed by atoms with Crippen LogP contribution in [0.5, 0.6) is 0 Å². The molecule has 0 atom stereocenters. The number of amides is 1. The van der Waals surface area contributed by atoms with E-state index >= 15 is 0 Å². The van der Waals surface area contributed by atoms with Gasteiger partial charge in [-0.15, -0.1) is 12.4 Å². The summed E-state index contributed by atoms with van der Waals surface area (Å²) in [6.07, 6.45) is 5.06. The molecule has 1 aliphatic carbocycles. The van der Waals surface area contributed by atoms with E-state index in [2.05, 4.69) is 5.32 Å². The Morgan fingerprint density at radius 2 is 2.31 bits per heavy atom. The van der Waals surface area contributed by atoms with Crippen molar-refractivity contribution in [2.75, 3.05) is 6.54 Å². The standard InChI is InChI=1S/C11H17N3O.ClH/c1-14-7-2-4-9(14)10(15)13-8-11(12)5-3-6-11;/h2,4,7H,3,5-6,8,12H2,1H3,(H,13,15);1H. The molecule has 16 heavy (non-hydrogen) atoms. The smallest absolute Gasteiger partial charge is 0.267 e. The van der Waals surface area contributed by atoms with Gasteiger partial charge in [0.2, 0.25) is 0 Å². The molecule has 0 aromatic carbocycles. The number of nitrogens with one attached hydrogen (secondary N) is 1. The molecule has 2 rings (SSSR count). The third kappa shape index (κ3) is 2.57. The van der Waals surface area contributed by atoms with Gasteiger partial charge in [0.1, 0.15) is 5.69 Å². The summed E-state index contributed by atoms with van der Waals surface area (Å²) in [5.41, 5.74) is 6.55. The molecule has 0 saturated heterocycles. The number of halogens is 1. The summed E-state index contributed by atoms with van der Waals surface area (Å²) in [4.78, 5) is 11.7. The molecule has 1 aromatic heterocycles. The summed E-state index contributed by atoms with van der Waals surface area (Å²) in [6.45, 7) is 0.580. The number of rotatable bonds is 3. The predicted molar refractivity (Wildman–Crippen MR) is 65.8 cm³/mol. The van der Waals surface area contributed by atoms with Crippen LogP contribution in [0, 0.1) is 0 Å². The Balaban J connectivity index is 0.00000128. The monoisotopic (exact) mass is 243 g/mol. The Morgan fingerprint density at radius 3 is 2.75 bits per heavy atom. The molecular weight excluding hydrogens is 226 g/mol. The van der Waals surface area contributed by atoms with Crippen LogP contribution in [0.25, 0.3) is 0 Å². The molecule has 1 aliphatic rings. The maximum Gasteiger partial charge on any atom is 0.267 e. The van der Waals surface area contributed by atoms with Crippen molar-refractivity contribution in [3.8, 4) is 0 Å². The highest BCUT2D eigenvalue weighted by atomic mass is 35.5. The van der Waals surface area contributed by atoms with Crippen LogP contribution in [-0.4, -0.2) is 22.6 Å². The van der Waals surface area contributed by atoms with Gasteiger partial charge in [-0.1, -0.05) is 0 Å². The molecule has 90 valence electrons. The number of aryl methyl sites for hydroxylation is 1. The zero-order valence-electron chi connectivity index (χ0n) is 9.40. The van der Waals surface area contributed by atoms with E-state index in [9.17, 15) is 4.79 Å². The average Bonchev–Trinajstić information content (AvgIpc) is 2.58. The molecule has 1 heterocycles. The number of nitrogens with zero attached hydrogens (tertiary/aromatic N) is 1. The minimum atomic E-state index is -0.152. The first-order chi connectivity index (χ1) is 7.11. The number of aromatic nitrogens is 1. The molecule has 0 bridgehead atoms. The fraction of sp³-hybridized carbons (Fsp3) is 0.545. The van der Waals surface area contributed by atoms with Crippen LogP contribution in [0.15, 0.2) is 18.3 Å². The van der Waals surface area contributed by atoms with Crippen molar-refractivity contribution in [1.82, 2.24) is 9.88 Å². The van der Waals surface area contributed by atoms with E-state index in [4.69, 9.17) is 5.73 Å². The van der Waals surface area contributed by atoms with Crippen LogP contribution in [0.3, 0.4) is 0 Å². The summed E-state index contributed by atoms with van der Waals surface area (Å²) in [6, 6.07) is 3.66. The summed E-state index contributed by atoms with van der Waals surface area (Å²) in [5.74, 6) is -0.0424. The van der Waals surface area contributed by atoms with Crippen molar-refractivity contribution in [3.05, 3.63) is 24.0 Å². The number of carbonyl (C=O) groups excluding carboxylic acids is 1. The third-order valence-electron chi connectivity index (χ3n) is 3.13. The lowest BCUT2D eigenvalue weighted by molar-refractivity contribution is 0.0921. The molecule has 1 fully saturated rings. The normalized spacial score (nSPS) is 17.1. The first-order valence-corrected chi connectivity index (χ1v) is 5.29. The number of hydrogen-bond donors (Lipinski definition) is 2. The largest absolute Gasteiger partial charge is 0.349 e. The van der Waals surface area contributed by atoms with Gasteiger partial charge in [-0.05, 0) is 31.4 Å². The van der Waals surface area contributed by atoms with Gasteiger partial charge < -0.3 is 15.6 Å². The lowest BCUT2D eigenvalue weighted by Crippen LogP contribution is -2.55. The summed E-state index contributed by atoms with van der Waals surface area (Å²) >= 11 is 0. The maximum atomic E-state index is 11.7. The first-order valence-electron chi connectivity index (χ1n) is 5.29. The van der Waals surface area contributed by atoms with Crippen molar-refractivity contribution in [2.45, 2.75) is 24.8 Å². The topological polar surface area (TPSA) is 60.0 Å². The van der Waals surface area contributed by atoms with Gasteiger partial charge in [-0.25, -0.2) is 0 Å². The fourth-order valence-electron chi connectivity index (χ4n) is 1.85. The molecule has 0 spiro atoms. The molecule has 0 radical (unpaired) electrons. The predicted octanol–water partition coefficient (Wildman–Crippen LogP) is 1.06. The second-order valence-corrected chi connectivity index (χ2v) is 4.40. The minimum Gasteiger partial charge on any atom is -0.349 e. The van der Waals surface area contributed by atoms with Gasteiger partial charge >= 0.3 is 0 Å². The molecule has 1 saturated carbocycles. The van der Waals surface area contributed by atoms with E-state index in [-0.39, 0.29) is 23.9 Å². The van der Waals surface area contributed by atoms with Gasteiger partial charge in [-0.3, -0.25) is 4.79 Å². The molecule has 3 N–H and O–H groups in total. The molecule has 1 aromatic rings. The maximum absolute atomic E-state index is 11.7. The van der Waals surface area contributed by atoms with E-state index in [1.807, 2.05) is 19.3 Å². The molecular formula is C11H18ClN3O. The van der Waals surface area contributed by atoms with E-state index in [1.165, 1.54) is 6.42 Å². The summed E-state index contributed by atoms with van der Waals surface area (Å²) in [7, 11) is 1.86. The summed E-state index contributed by atoms with van der Waals surface area (Å²) in [5, 5.41) is 2.88. The second kappa shape index (κ2) is 4.89. The molecule has 0 unspecified atom stereocenters. The lowest BCUT2D eigenvalue weighted by Gasteiger charge is -2.38. The van der Waals surface area contributed by atoms with Gasteiger partial charge in [0.15, 0.2) is 0 Å². The van der Waals surface area contributed by atoms with Gasteiger partial charge in [-0.2, -0.15) is 0 Å². The minimum absolute atomic E-state index is 0. The molecule has 1 amide bonds. The SMILES string of the molecule is Cl.Cn1cccc1C(=O)NCC1(N)CCC1. The Kier molecular flexibility index (Phi) is 3.99. The third-order valence-corrected chi connectivity index (χ3v) is 3.13. The number of nitrogens with two attached hydrogens (primary N) is 1. The molecule has 5 heteroatoms. The zero-order chi connectivity index (χ0) is 10.9. The van der Waals surface area contributed by atoms with Crippen molar-refractivity contribution in [3.63, 3.8) is 0 Å². The summed E-state index contributed by atoms with van der Waals surface area (Å²) < 4.78 is 1.80. The average molecular weight is 244 g/mol. The quantitative estimate of drug-likeness (QED) is 0.834. The zero-order valence-corrected chi connectivity index (χ0v) is 10.2. The second-order valence-electron chi connectivity index (χ2n) is 4.40. The van der Waals surface area contributed by atoms with E-state index < -0.39 is 0 Å². The first kappa shape index (κ1) is 13.1. The van der Waals surface area contributed by atoms with Gasteiger partial charge in [0, 0.05) is 25.3 Å². The molecule has 0 aliphatic heterocycles. The van der Waals surface area contributed by atoms with Crippen molar-refractivity contribution in [1.29, 1.82) is 0 Å². The highest BCUT2D eigenvalue weighted by molar-refractivity contribution is 5.92. The van der Waals surface area contributed by atoms with Crippen LogP contribution in [0.1, 0.15) is 29.8 Å². The van der Waals surface area contributed by atoms with Gasteiger partial charge in [0.05, 0.1) is 0 Å². The van der Waals surface area contributed by atoms with E-state index in [0.29, 0.717) is 12.2 Å². The van der Waals surface area contributed by atoms with Crippen LogP contribution >= 0.6 is 12.4 Å². The molecule has 4 nitrogen and oxygen atoms in total. The highest BCUT2D eigenvalue weighted by Gasteiger charge is 2.32. The van der Waals surface area contributed by atoms with Crippen LogP contribution in [-0.2, 0) is 7.05 Å². The van der Waals surface area contributed by atoms with Crippen molar-refractivity contribution < 1.29 is 4.79 Å². The number of hydrogen-bond acceptors (Lipinski definition) is 2. The van der Waals surface area contributed by atoms with E-state index in [0.717, 1.165) is 12.8 Å². The van der Waals surface area contributed by atoms with Crippen LogP contribution < -0.4 is 11.1 Å². The van der Waals surface area contributed by atoms with Crippen LogP contribution in [0.4, 0.5) is 0 Å². The lowest BCUT2D eigenvalue weighted by atomic mass is 9.78. The Hall–Kier alpha value is -1.00. The van der Waals surface area contributed by atoms with Gasteiger partial charge in [0.25, 0.3) is 5.91 Å². The Labute approximate surface area is 102 Å². The van der Waals surface area contributed by atoms with E-state index in [1.54, 1.807) is 10.6 Å². The van der Waals surface area contributed by atoms with Crippen molar-refractivity contribution in [2.24, 2.45) is 12.8 Å². The van der Waals surface area contributed by atoms with Crippen molar-refractivity contribution >= 4 is 18.3 Å². The Bertz CT molecular complexity index is 371.